The van der Waals surface area contributed by atoms with Crippen molar-refractivity contribution in [1.82, 2.24) is 19.3 Å². The highest BCUT2D eigenvalue weighted by Crippen LogP contribution is 2.29. The molecule has 0 spiro atoms. The number of aromatic nitrogens is 4. The first-order chi connectivity index (χ1) is 20.5. The first kappa shape index (κ1) is 27.4. The maximum absolute atomic E-state index is 13.8. The number of aliphatic hydroxyl groups excluding tert-OH is 1. The smallest absolute Gasteiger partial charge is 0.280 e. The summed E-state index contributed by atoms with van der Waals surface area (Å²) in [5.74, 6) is 0.383. The second kappa shape index (κ2) is 12.0. The third-order valence-electron chi connectivity index (χ3n) is 6.61. The minimum Gasteiger partial charge on any atom is -0.447 e. The number of rotatable bonds is 9. The second-order valence-electron chi connectivity index (χ2n) is 9.40. The molecule has 0 aliphatic carbocycles. The first-order valence-electron chi connectivity index (χ1n) is 13.0. The molecule has 0 fully saturated rings. The average Bonchev–Trinajstić information content (AvgIpc) is 3.79. The number of aliphatic hydroxyl groups is 1. The summed E-state index contributed by atoms with van der Waals surface area (Å²) in [6.07, 6.45) is 2.97. The summed E-state index contributed by atoms with van der Waals surface area (Å²) >= 11 is 7.56. The third kappa shape index (κ3) is 5.82. The Kier molecular flexibility index (Phi) is 7.83. The number of oxazole rings is 1. The van der Waals surface area contributed by atoms with Crippen molar-refractivity contribution in [3.63, 3.8) is 0 Å². The number of nitrogens with zero attached hydrogens (tertiary/aromatic N) is 4. The van der Waals surface area contributed by atoms with E-state index in [1.54, 1.807) is 36.4 Å². The van der Waals surface area contributed by atoms with E-state index < -0.39 is 5.91 Å². The Balaban J connectivity index is 1.49. The first-order valence-corrected chi connectivity index (χ1v) is 14.2. The zero-order valence-corrected chi connectivity index (χ0v) is 23.7. The van der Waals surface area contributed by atoms with Crippen LogP contribution >= 0.6 is 22.9 Å². The second-order valence-corrected chi connectivity index (χ2v) is 11.2. The molecule has 0 saturated heterocycles. The molecule has 42 heavy (non-hydrogen) atoms. The van der Waals surface area contributed by atoms with E-state index in [1.165, 1.54) is 33.0 Å². The number of benzene rings is 2. The Morgan fingerprint density at radius 2 is 1.86 bits per heavy atom. The fraction of sp³-hybridized carbons (Fsp3) is 0.0968. The summed E-state index contributed by atoms with van der Waals surface area (Å²) in [6, 6.07) is 25.2. The molecule has 11 heteroatoms. The summed E-state index contributed by atoms with van der Waals surface area (Å²) in [6.45, 7) is 0.279. The van der Waals surface area contributed by atoms with Crippen molar-refractivity contribution in [2.24, 2.45) is 0 Å². The fourth-order valence-corrected chi connectivity index (χ4v) is 5.60. The lowest BCUT2D eigenvalue weighted by molar-refractivity contribution is 0.0947. The number of anilines is 1. The van der Waals surface area contributed by atoms with Gasteiger partial charge in [-0.15, -0.1) is 11.3 Å². The molecule has 9 nitrogen and oxygen atoms in total. The van der Waals surface area contributed by atoms with E-state index in [9.17, 15) is 14.7 Å². The molecule has 0 radical (unpaired) electrons. The van der Waals surface area contributed by atoms with Crippen molar-refractivity contribution in [3.8, 4) is 22.5 Å². The van der Waals surface area contributed by atoms with Crippen LogP contribution in [0, 0.1) is 0 Å². The lowest BCUT2D eigenvalue weighted by atomic mass is 10.0. The van der Waals surface area contributed by atoms with Crippen LogP contribution in [0.5, 0.6) is 0 Å². The molecular weight excluding hydrogens is 574 g/mol. The van der Waals surface area contributed by atoms with Gasteiger partial charge in [0.2, 0.25) is 5.89 Å². The van der Waals surface area contributed by atoms with Gasteiger partial charge in [-0.05, 0) is 47.0 Å². The van der Waals surface area contributed by atoms with Crippen molar-refractivity contribution in [3.05, 3.63) is 134 Å². The van der Waals surface area contributed by atoms with Gasteiger partial charge in [-0.3, -0.25) is 14.2 Å². The van der Waals surface area contributed by atoms with Gasteiger partial charge >= 0.3 is 0 Å². The van der Waals surface area contributed by atoms with Gasteiger partial charge in [-0.1, -0.05) is 54.1 Å². The van der Waals surface area contributed by atoms with Crippen LogP contribution in [0.4, 0.5) is 5.82 Å². The van der Waals surface area contributed by atoms with Gasteiger partial charge < -0.3 is 14.8 Å². The van der Waals surface area contributed by atoms with E-state index >= 15 is 0 Å². The molecule has 4 aromatic heterocycles. The van der Waals surface area contributed by atoms with E-state index in [-0.39, 0.29) is 18.7 Å². The molecular formula is C31H24ClN5O4S. The van der Waals surface area contributed by atoms with Crippen LogP contribution in [0.25, 0.3) is 22.5 Å². The van der Waals surface area contributed by atoms with Gasteiger partial charge in [0.15, 0.2) is 0 Å². The number of carbonyl (C=O) groups excluding carboxylic acids is 1. The number of pyridine rings is 1. The Hall–Kier alpha value is -4.77. The molecule has 0 aliphatic heterocycles. The van der Waals surface area contributed by atoms with Crippen LogP contribution in [-0.2, 0) is 19.7 Å². The molecule has 0 bridgehead atoms. The van der Waals surface area contributed by atoms with E-state index in [2.05, 4.69) is 10.3 Å². The summed E-state index contributed by atoms with van der Waals surface area (Å²) in [5.41, 5.74) is 3.14. The highest BCUT2D eigenvalue weighted by atomic mass is 35.5. The van der Waals surface area contributed by atoms with Crippen molar-refractivity contribution in [1.29, 1.82) is 0 Å². The van der Waals surface area contributed by atoms with E-state index in [1.807, 2.05) is 48.5 Å². The Morgan fingerprint density at radius 1 is 1.00 bits per heavy atom. The van der Waals surface area contributed by atoms with E-state index in [0.29, 0.717) is 50.7 Å². The van der Waals surface area contributed by atoms with Crippen molar-refractivity contribution >= 4 is 34.7 Å². The lowest BCUT2D eigenvalue weighted by Gasteiger charge is -2.12. The predicted octanol–water partition coefficient (Wildman–Crippen LogP) is 5.92. The van der Waals surface area contributed by atoms with Crippen LogP contribution in [0.15, 0.2) is 107 Å². The Morgan fingerprint density at radius 3 is 2.60 bits per heavy atom. The van der Waals surface area contributed by atoms with Gasteiger partial charge in [0.25, 0.3) is 11.5 Å². The van der Waals surface area contributed by atoms with Crippen LogP contribution in [0.2, 0.25) is 4.34 Å². The van der Waals surface area contributed by atoms with Crippen LogP contribution in [-0.4, -0.2) is 30.3 Å². The molecule has 2 aromatic carbocycles. The minimum atomic E-state index is -0.399. The molecule has 0 unspecified atom stereocenters. The van der Waals surface area contributed by atoms with Crippen LogP contribution in [0.3, 0.4) is 0 Å². The molecule has 4 heterocycles. The number of nitrogens with one attached hydrogen (secondary N) is 1. The van der Waals surface area contributed by atoms with E-state index in [0.717, 1.165) is 10.4 Å². The monoisotopic (exact) mass is 597 g/mol. The van der Waals surface area contributed by atoms with Gasteiger partial charge in [-0.2, -0.15) is 9.78 Å². The van der Waals surface area contributed by atoms with Gasteiger partial charge in [0.1, 0.15) is 24.3 Å². The molecule has 2 N–H and O–H groups in total. The number of hydrogen-bond donors (Lipinski definition) is 2. The largest absolute Gasteiger partial charge is 0.447 e. The predicted molar refractivity (Wildman–Crippen MR) is 162 cm³/mol. The summed E-state index contributed by atoms with van der Waals surface area (Å²) < 4.78 is 8.89. The molecule has 0 atom stereocenters. The molecule has 0 amide bonds. The van der Waals surface area contributed by atoms with Crippen molar-refractivity contribution < 1.29 is 14.3 Å². The van der Waals surface area contributed by atoms with Gasteiger partial charge in [0.05, 0.1) is 29.4 Å². The summed E-state index contributed by atoms with van der Waals surface area (Å²) in [7, 11) is 0. The number of hydrogen-bond acceptors (Lipinski definition) is 8. The number of thiophene rings is 1. The zero-order valence-electron chi connectivity index (χ0n) is 22.1. The number of halogens is 1. The molecule has 6 rings (SSSR count). The van der Waals surface area contributed by atoms with E-state index in [4.69, 9.17) is 21.1 Å². The Bertz CT molecular complexity index is 1910. The maximum atomic E-state index is 13.8. The SMILES string of the molecule is O=C(c1cccc(CO)c1)n1nc(-c2cc(-c3ccccc3)cc(=O)n2Cc2ncco2)cc1NCc1ccc(Cl)s1. The third-order valence-corrected chi connectivity index (χ3v) is 7.84. The Labute approximate surface area is 249 Å². The van der Waals surface area contributed by atoms with Crippen molar-refractivity contribution in [2.45, 2.75) is 19.7 Å². The average molecular weight is 598 g/mol. The topological polar surface area (TPSA) is 115 Å². The quantitative estimate of drug-likeness (QED) is 0.212. The fourth-order valence-electron chi connectivity index (χ4n) is 4.57. The zero-order chi connectivity index (χ0) is 29.1. The van der Waals surface area contributed by atoms with Gasteiger partial charge in [-0.25, -0.2) is 4.98 Å². The lowest BCUT2D eigenvalue weighted by Crippen LogP contribution is -2.22. The normalized spacial score (nSPS) is 11.1. The molecule has 210 valence electrons. The highest BCUT2D eigenvalue weighted by molar-refractivity contribution is 7.16. The summed E-state index contributed by atoms with van der Waals surface area (Å²) in [5, 5.41) is 17.6. The molecule has 0 saturated carbocycles. The maximum Gasteiger partial charge on any atom is 0.280 e. The summed E-state index contributed by atoms with van der Waals surface area (Å²) in [4.78, 5) is 32.4. The highest BCUT2D eigenvalue weighted by Gasteiger charge is 2.21. The van der Waals surface area contributed by atoms with Crippen molar-refractivity contribution in [2.75, 3.05) is 5.32 Å². The number of carbonyl (C=O) groups is 1. The molecule has 0 aliphatic rings. The molecule has 6 aromatic rings. The minimum absolute atomic E-state index is 0.0754. The van der Waals surface area contributed by atoms with Crippen LogP contribution in [0.1, 0.15) is 26.7 Å². The van der Waals surface area contributed by atoms with Gasteiger partial charge in [0, 0.05) is 22.6 Å². The van der Waals surface area contributed by atoms with Crippen LogP contribution < -0.4 is 10.9 Å². The standard InChI is InChI=1S/C31H24ClN5O4S/c32-27-10-9-24(42-27)17-34-28-16-25(35-37(28)31(40)22-8-4-5-20(13-22)19-38)26-14-23(21-6-2-1-3-7-21)15-30(39)36(26)18-29-33-11-12-41-29/h1-16,34,38H,17-19H2.